The Morgan fingerprint density at radius 2 is 1.95 bits per heavy atom. The van der Waals surface area contributed by atoms with E-state index in [1.165, 1.54) is 10.7 Å². The quantitative estimate of drug-likeness (QED) is 0.918. The molecule has 0 fully saturated rings. The molecular formula is C13H12BrFN2O2. The van der Waals surface area contributed by atoms with Crippen molar-refractivity contribution in [3.63, 3.8) is 0 Å². The molecule has 0 unspecified atom stereocenters. The molecular weight excluding hydrogens is 315 g/mol. The predicted molar refractivity (Wildman–Crippen MR) is 74.0 cm³/mol. The van der Waals surface area contributed by atoms with Gasteiger partial charge in [0, 0.05) is 11.1 Å². The largest absolute Gasteiger partial charge is 0.268 e. The van der Waals surface area contributed by atoms with Crippen LogP contribution in [0, 0.1) is 19.7 Å². The van der Waals surface area contributed by atoms with Gasteiger partial charge < -0.3 is 0 Å². The summed E-state index contributed by atoms with van der Waals surface area (Å²) in [7, 11) is 0. The van der Waals surface area contributed by atoms with Gasteiger partial charge in [-0.15, -0.1) is 0 Å². The summed E-state index contributed by atoms with van der Waals surface area (Å²) < 4.78 is 14.7. The van der Waals surface area contributed by atoms with Crippen LogP contribution in [0.25, 0.3) is 0 Å². The first-order valence-corrected chi connectivity index (χ1v) is 6.43. The lowest BCUT2D eigenvalue weighted by atomic mass is 10.2. The summed E-state index contributed by atoms with van der Waals surface area (Å²) >= 11 is 3.08. The fourth-order valence-corrected chi connectivity index (χ4v) is 2.15. The number of nitrogens with zero attached hydrogens (tertiary/aromatic N) is 1. The maximum Gasteiger partial charge on any atom is 0.268 e. The molecule has 1 aromatic carbocycles. The van der Waals surface area contributed by atoms with E-state index in [1.54, 1.807) is 26.0 Å². The van der Waals surface area contributed by atoms with E-state index in [0.29, 0.717) is 21.2 Å². The highest BCUT2D eigenvalue weighted by Crippen LogP contribution is 2.17. The van der Waals surface area contributed by atoms with E-state index in [4.69, 9.17) is 0 Å². The monoisotopic (exact) mass is 326 g/mol. The molecule has 0 aliphatic carbocycles. The van der Waals surface area contributed by atoms with E-state index in [2.05, 4.69) is 21.0 Å². The first-order chi connectivity index (χ1) is 8.90. The second-order valence-electron chi connectivity index (χ2n) is 4.33. The smallest absolute Gasteiger partial charge is 0.268 e. The Kier molecular flexibility index (Phi) is 3.71. The molecule has 100 valence electrons. The van der Waals surface area contributed by atoms with Crippen molar-refractivity contribution in [2.24, 2.45) is 0 Å². The van der Waals surface area contributed by atoms with Crippen LogP contribution >= 0.6 is 15.9 Å². The van der Waals surface area contributed by atoms with Crippen molar-refractivity contribution < 1.29 is 4.39 Å². The average molecular weight is 327 g/mol. The molecule has 0 bridgehead atoms. The van der Waals surface area contributed by atoms with Crippen LogP contribution in [0.15, 0.2) is 32.3 Å². The van der Waals surface area contributed by atoms with Crippen molar-refractivity contribution in [1.82, 2.24) is 9.78 Å². The first kappa shape index (κ1) is 13.7. The molecule has 1 heterocycles. The van der Waals surface area contributed by atoms with Gasteiger partial charge in [-0.1, -0.05) is 6.07 Å². The predicted octanol–water partition coefficient (Wildman–Crippen LogP) is 2.10. The van der Waals surface area contributed by atoms with Gasteiger partial charge >= 0.3 is 0 Å². The van der Waals surface area contributed by atoms with Crippen LogP contribution in [0.4, 0.5) is 4.39 Å². The van der Waals surface area contributed by atoms with Crippen molar-refractivity contribution in [3.05, 3.63) is 65.9 Å². The average Bonchev–Trinajstić information content (AvgIpc) is 2.38. The van der Waals surface area contributed by atoms with Gasteiger partial charge in [0.05, 0.1) is 11.0 Å². The highest BCUT2D eigenvalue weighted by atomic mass is 79.9. The molecule has 19 heavy (non-hydrogen) atoms. The van der Waals surface area contributed by atoms with Crippen molar-refractivity contribution in [3.8, 4) is 0 Å². The zero-order valence-electron chi connectivity index (χ0n) is 10.5. The number of rotatable bonds is 2. The summed E-state index contributed by atoms with van der Waals surface area (Å²) in [5.74, 6) is -0.371. The molecule has 6 heteroatoms. The summed E-state index contributed by atoms with van der Waals surface area (Å²) in [5.41, 5.74) is 1.01. The minimum absolute atomic E-state index is 0.189. The van der Waals surface area contributed by atoms with E-state index in [0.717, 1.165) is 0 Å². The fraction of sp³-hybridized carbons (Fsp3) is 0.231. The van der Waals surface area contributed by atoms with E-state index in [9.17, 15) is 14.0 Å². The Balaban J connectivity index is 2.47. The molecule has 0 atom stereocenters. The van der Waals surface area contributed by atoms with E-state index in [-0.39, 0.29) is 23.5 Å². The van der Waals surface area contributed by atoms with Gasteiger partial charge in [0.15, 0.2) is 0 Å². The van der Waals surface area contributed by atoms with Gasteiger partial charge in [0.1, 0.15) is 5.82 Å². The molecule has 2 aromatic rings. The maximum atomic E-state index is 13.1. The van der Waals surface area contributed by atoms with Gasteiger partial charge in [-0.2, -0.15) is 0 Å². The Morgan fingerprint density at radius 3 is 2.58 bits per heavy atom. The SMILES string of the molecule is Cc1c(C)c(=O)n(Cc2ccc(F)c(Br)c2)[nH]c1=O. The second-order valence-corrected chi connectivity index (χ2v) is 5.19. The number of H-pyrrole nitrogens is 1. The Hall–Kier alpha value is -1.69. The highest BCUT2D eigenvalue weighted by Gasteiger charge is 2.08. The van der Waals surface area contributed by atoms with Crippen molar-refractivity contribution in [2.45, 2.75) is 20.4 Å². The van der Waals surface area contributed by atoms with Gasteiger partial charge in [0.2, 0.25) is 0 Å². The lowest BCUT2D eigenvalue weighted by molar-refractivity contribution is 0.606. The third kappa shape index (κ3) is 2.68. The number of hydrogen-bond donors (Lipinski definition) is 1. The van der Waals surface area contributed by atoms with Gasteiger partial charge in [-0.3, -0.25) is 14.7 Å². The molecule has 0 radical (unpaired) electrons. The molecule has 0 saturated heterocycles. The number of nitrogens with one attached hydrogen (secondary N) is 1. The van der Waals surface area contributed by atoms with Crippen LogP contribution in [-0.4, -0.2) is 9.78 Å². The zero-order valence-corrected chi connectivity index (χ0v) is 12.0. The first-order valence-electron chi connectivity index (χ1n) is 5.64. The second kappa shape index (κ2) is 5.13. The summed E-state index contributed by atoms with van der Waals surface area (Å²) in [6.45, 7) is 3.41. The van der Waals surface area contributed by atoms with Crippen LogP contribution in [0.2, 0.25) is 0 Å². The molecule has 0 saturated carbocycles. The van der Waals surface area contributed by atoms with Crippen molar-refractivity contribution in [1.29, 1.82) is 0 Å². The fourth-order valence-electron chi connectivity index (χ4n) is 1.72. The van der Waals surface area contributed by atoms with E-state index < -0.39 is 0 Å². The summed E-state index contributed by atoms with van der Waals surface area (Å²) in [5, 5.41) is 2.51. The summed E-state index contributed by atoms with van der Waals surface area (Å²) in [6, 6.07) is 4.46. The highest BCUT2D eigenvalue weighted by molar-refractivity contribution is 9.10. The van der Waals surface area contributed by atoms with Crippen LogP contribution in [0.5, 0.6) is 0 Å². The normalized spacial score (nSPS) is 10.7. The minimum Gasteiger partial charge on any atom is -0.268 e. The molecule has 2 rings (SSSR count). The van der Waals surface area contributed by atoms with Gasteiger partial charge in [0.25, 0.3) is 11.1 Å². The van der Waals surface area contributed by atoms with E-state index in [1.807, 2.05) is 0 Å². The molecule has 4 nitrogen and oxygen atoms in total. The number of hydrogen-bond acceptors (Lipinski definition) is 2. The number of aromatic amines is 1. The molecule has 0 aliphatic rings. The molecule has 0 amide bonds. The Bertz CT molecular complexity index is 749. The van der Waals surface area contributed by atoms with Crippen LogP contribution in [0.3, 0.4) is 0 Å². The summed E-state index contributed by atoms with van der Waals surface area (Å²) in [6.07, 6.45) is 0. The van der Waals surface area contributed by atoms with Crippen molar-refractivity contribution in [2.75, 3.05) is 0 Å². The third-order valence-corrected chi connectivity index (χ3v) is 3.64. The molecule has 1 N–H and O–H groups in total. The Morgan fingerprint density at radius 1 is 1.26 bits per heavy atom. The topological polar surface area (TPSA) is 54.9 Å². The number of halogens is 2. The number of benzene rings is 1. The van der Waals surface area contributed by atoms with Crippen LogP contribution < -0.4 is 11.1 Å². The molecule has 1 aromatic heterocycles. The standard InChI is InChI=1S/C13H12BrFN2O2/c1-7-8(2)13(19)17(16-12(7)18)6-9-3-4-11(15)10(14)5-9/h3-5H,6H2,1-2H3,(H,16,18). The third-order valence-electron chi connectivity index (χ3n) is 3.03. The lowest BCUT2D eigenvalue weighted by Gasteiger charge is -2.08. The number of aromatic nitrogens is 2. The minimum atomic E-state index is -0.371. The van der Waals surface area contributed by atoms with Gasteiger partial charge in [-0.25, -0.2) is 9.07 Å². The van der Waals surface area contributed by atoms with Crippen LogP contribution in [0.1, 0.15) is 16.7 Å². The van der Waals surface area contributed by atoms with E-state index >= 15 is 0 Å². The van der Waals surface area contributed by atoms with Crippen molar-refractivity contribution >= 4 is 15.9 Å². The maximum absolute atomic E-state index is 13.1. The van der Waals surface area contributed by atoms with Crippen LogP contribution in [-0.2, 0) is 6.54 Å². The zero-order chi connectivity index (χ0) is 14.2. The molecule has 0 spiro atoms. The lowest BCUT2D eigenvalue weighted by Crippen LogP contribution is -2.33. The van der Waals surface area contributed by atoms with Gasteiger partial charge in [-0.05, 0) is 47.5 Å². The summed E-state index contributed by atoms with van der Waals surface area (Å²) in [4.78, 5) is 23.6. The molecule has 0 aliphatic heterocycles. The Labute approximate surface area is 117 Å².